The number of rotatable bonds is 3. The van der Waals surface area contributed by atoms with Crippen LogP contribution in [0, 0.1) is 0 Å². The predicted octanol–water partition coefficient (Wildman–Crippen LogP) is 2.19. The van der Waals surface area contributed by atoms with Crippen molar-refractivity contribution in [3.63, 3.8) is 0 Å². The van der Waals surface area contributed by atoms with E-state index in [9.17, 15) is 4.79 Å². The van der Waals surface area contributed by atoms with Crippen LogP contribution in [0.1, 0.15) is 22.8 Å². The van der Waals surface area contributed by atoms with Gasteiger partial charge in [0.05, 0.1) is 18.7 Å². The first-order valence-corrected chi connectivity index (χ1v) is 7.75. The van der Waals surface area contributed by atoms with Gasteiger partial charge in [-0.1, -0.05) is 30.3 Å². The number of benzene rings is 1. The molecule has 0 aliphatic carbocycles. The van der Waals surface area contributed by atoms with Crippen molar-refractivity contribution in [2.75, 3.05) is 31.6 Å². The molecule has 1 saturated heterocycles. The zero-order chi connectivity index (χ0) is 16.3. The highest BCUT2D eigenvalue weighted by Crippen LogP contribution is 2.32. The maximum absolute atomic E-state index is 12.1. The molecule has 1 N–H and O–H groups in total. The topological polar surface area (TPSA) is 54.5 Å². The minimum absolute atomic E-state index is 0.124. The number of nitrogens with one attached hydrogen (secondary N) is 1. The SMILES string of the molecule is CNC(=O)c1cccnc1N1CCOC(C)(c2ccccc2)C1. The number of anilines is 1. The molecule has 1 aromatic heterocycles. The number of ether oxygens (including phenoxy) is 1. The summed E-state index contributed by atoms with van der Waals surface area (Å²) in [4.78, 5) is 18.7. The van der Waals surface area contributed by atoms with Gasteiger partial charge in [-0.2, -0.15) is 0 Å². The van der Waals surface area contributed by atoms with Gasteiger partial charge in [0.1, 0.15) is 11.4 Å². The Morgan fingerprint density at radius 3 is 2.78 bits per heavy atom. The lowest BCUT2D eigenvalue weighted by Gasteiger charge is -2.41. The first kappa shape index (κ1) is 15.5. The molecule has 0 bridgehead atoms. The minimum atomic E-state index is -0.420. The number of carbonyl (C=O) groups is 1. The maximum Gasteiger partial charge on any atom is 0.254 e. The van der Waals surface area contributed by atoms with E-state index in [1.807, 2.05) is 18.2 Å². The third-order valence-corrected chi connectivity index (χ3v) is 4.22. The molecule has 0 spiro atoms. The standard InChI is InChI=1S/C18H21N3O2/c1-18(14-7-4-3-5-8-14)13-21(11-12-23-18)16-15(17(22)19-2)9-6-10-20-16/h3-10H,11-13H2,1-2H3,(H,19,22). The van der Waals surface area contributed by atoms with Crippen LogP contribution in [0.25, 0.3) is 0 Å². The molecule has 2 heterocycles. The minimum Gasteiger partial charge on any atom is -0.367 e. The lowest BCUT2D eigenvalue weighted by atomic mass is 9.93. The van der Waals surface area contributed by atoms with E-state index >= 15 is 0 Å². The van der Waals surface area contributed by atoms with Gasteiger partial charge in [0.15, 0.2) is 0 Å². The van der Waals surface area contributed by atoms with Crippen LogP contribution in [0.2, 0.25) is 0 Å². The maximum atomic E-state index is 12.1. The average molecular weight is 311 g/mol. The summed E-state index contributed by atoms with van der Waals surface area (Å²) in [6.45, 7) is 4.04. The second-order valence-electron chi connectivity index (χ2n) is 5.82. The number of morpholine rings is 1. The Morgan fingerprint density at radius 1 is 1.26 bits per heavy atom. The van der Waals surface area contributed by atoms with E-state index in [-0.39, 0.29) is 5.91 Å². The molecule has 1 unspecified atom stereocenters. The number of carbonyl (C=O) groups excluding carboxylic acids is 1. The van der Waals surface area contributed by atoms with E-state index < -0.39 is 5.60 Å². The van der Waals surface area contributed by atoms with Crippen molar-refractivity contribution in [1.29, 1.82) is 0 Å². The molecule has 23 heavy (non-hydrogen) atoms. The summed E-state index contributed by atoms with van der Waals surface area (Å²) in [6.07, 6.45) is 1.72. The largest absolute Gasteiger partial charge is 0.367 e. The molecular formula is C18H21N3O2. The lowest BCUT2D eigenvalue weighted by molar-refractivity contribution is -0.0468. The Hall–Kier alpha value is -2.40. The number of hydrogen-bond donors (Lipinski definition) is 1. The molecule has 1 aromatic carbocycles. The fourth-order valence-electron chi connectivity index (χ4n) is 2.98. The normalized spacial score (nSPS) is 21.0. The summed E-state index contributed by atoms with van der Waals surface area (Å²) in [5.41, 5.74) is 1.30. The van der Waals surface area contributed by atoms with Crippen LogP contribution in [-0.2, 0) is 10.3 Å². The van der Waals surface area contributed by atoms with E-state index in [1.54, 1.807) is 25.4 Å². The molecule has 5 nitrogen and oxygen atoms in total. The molecule has 120 valence electrons. The number of nitrogens with zero attached hydrogens (tertiary/aromatic N) is 2. The molecule has 1 fully saturated rings. The Kier molecular flexibility index (Phi) is 4.30. The second-order valence-corrected chi connectivity index (χ2v) is 5.82. The van der Waals surface area contributed by atoms with E-state index in [1.165, 1.54) is 0 Å². The zero-order valence-corrected chi connectivity index (χ0v) is 13.5. The first-order chi connectivity index (χ1) is 11.1. The van der Waals surface area contributed by atoms with Gasteiger partial charge in [-0.3, -0.25) is 4.79 Å². The van der Waals surface area contributed by atoms with Gasteiger partial charge < -0.3 is 15.0 Å². The fraction of sp³-hybridized carbons (Fsp3) is 0.333. The van der Waals surface area contributed by atoms with Gasteiger partial charge >= 0.3 is 0 Å². The number of hydrogen-bond acceptors (Lipinski definition) is 4. The van der Waals surface area contributed by atoms with E-state index in [4.69, 9.17) is 4.74 Å². The third kappa shape index (κ3) is 3.05. The summed E-state index contributed by atoms with van der Waals surface area (Å²) in [7, 11) is 1.63. The van der Waals surface area contributed by atoms with Gasteiger partial charge in [-0.05, 0) is 24.6 Å². The second kappa shape index (κ2) is 6.38. The number of pyridine rings is 1. The van der Waals surface area contributed by atoms with E-state index in [0.717, 1.165) is 5.56 Å². The Bertz CT molecular complexity index is 690. The molecule has 0 saturated carbocycles. The van der Waals surface area contributed by atoms with E-state index in [0.29, 0.717) is 31.1 Å². The van der Waals surface area contributed by atoms with Crippen molar-refractivity contribution in [3.05, 3.63) is 59.8 Å². The molecule has 0 radical (unpaired) electrons. The fourth-order valence-corrected chi connectivity index (χ4v) is 2.98. The highest BCUT2D eigenvalue weighted by molar-refractivity contribution is 5.98. The average Bonchev–Trinajstić information content (AvgIpc) is 2.62. The number of amides is 1. The van der Waals surface area contributed by atoms with Gasteiger partial charge in [-0.15, -0.1) is 0 Å². The summed E-state index contributed by atoms with van der Waals surface area (Å²) < 4.78 is 6.06. The molecule has 1 aliphatic heterocycles. The van der Waals surface area contributed by atoms with Gasteiger partial charge in [-0.25, -0.2) is 4.98 Å². The predicted molar refractivity (Wildman–Crippen MR) is 89.6 cm³/mol. The first-order valence-electron chi connectivity index (χ1n) is 7.75. The highest BCUT2D eigenvalue weighted by Gasteiger charge is 2.35. The van der Waals surface area contributed by atoms with Crippen molar-refractivity contribution in [2.45, 2.75) is 12.5 Å². The van der Waals surface area contributed by atoms with E-state index in [2.05, 4.69) is 34.3 Å². The summed E-state index contributed by atoms with van der Waals surface area (Å²) in [5.74, 6) is 0.582. The van der Waals surface area contributed by atoms with Crippen LogP contribution in [0.3, 0.4) is 0 Å². The molecule has 1 amide bonds. The van der Waals surface area contributed by atoms with Crippen molar-refractivity contribution < 1.29 is 9.53 Å². The number of aromatic nitrogens is 1. The molecule has 1 aliphatic rings. The lowest BCUT2D eigenvalue weighted by Crippen LogP contribution is -2.49. The summed E-state index contributed by atoms with van der Waals surface area (Å²) in [5, 5.41) is 2.68. The van der Waals surface area contributed by atoms with Crippen LogP contribution in [-0.4, -0.2) is 37.6 Å². The Morgan fingerprint density at radius 2 is 2.04 bits per heavy atom. The highest BCUT2D eigenvalue weighted by atomic mass is 16.5. The quantitative estimate of drug-likeness (QED) is 0.944. The van der Waals surface area contributed by atoms with Crippen molar-refractivity contribution >= 4 is 11.7 Å². The molecule has 1 atom stereocenters. The van der Waals surface area contributed by atoms with Gasteiger partial charge in [0, 0.05) is 19.8 Å². The molecule has 2 aromatic rings. The molecular weight excluding hydrogens is 290 g/mol. The van der Waals surface area contributed by atoms with Crippen molar-refractivity contribution in [2.24, 2.45) is 0 Å². The molecule has 5 heteroatoms. The zero-order valence-electron chi connectivity index (χ0n) is 13.5. The monoisotopic (exact) mass is 311 g/mol. The van der Waals surface area contributed by atoms with Crippen molar-refractivity contribution in [3.8, 4) is 0 Å². The Labute approximate surface area is 136 Å². The van der Waals surface area contributed by atoms with Gasteiger partial charge in [0.25, 0.3) is 5.91 Å². The summed E-state index contributed by atoms with van der Waals surface area (Å²) in [6, 6.07) is 13.7. The smallest absolute Gasteiger partial charge is 0.254 e. The third-order valence-electron chi connectivity index (χ3n) is 4.22. The van der Waals surface area contributed by atoms with Crippen LogP contribution >= 0.6 is 0 Å². The van der Waals surface area contributed by atoms with Crippen LogP contribution in [0.4, 0.5) is 5.82 Å². The Balaban J connectivity index is 1.92. The van der Waals surface area contributed by atoms with Crippen LogP contribution in [0.5, 0.6) is 0 Å². The van der Waals surface area contributed by atoms with Crippen LogP contribution in [0.15, 0.2) is 48.7 Å². The van der Waals surface area contributed by atoms with Gasteiger partial charge in [0.2, 0.25) is 0 Å². The van der Waals surface area contributed by atoms with Crippen molar-refractivity contribution in [1.82, 2.24) is 10.3 Å². The van der Waals surface area contributed by atoms with Crippen LogP contribution < -0.4 is 10.2 Å². The molecule has 3 rings (SSSR count). The summed E-state index contributed by atoms with van der Waals surface area (Å²) >= 11 is 0.